The van der Waals surface area contributed by atoms with Crippen molar-refractivity contribution in [3.8, 4) is 22.9 Å². The molecule has 0 unspecified atom stereocenters. The van der Waals surface area contributed by atoms with Gasteiger partial charge in [-0.3, -0.25) is 0 Å². The van der Waals surface area contributed by atoms with Gasteiger partial charge in [-0.1, -0.05) is 40.5 Å². The number of rotatable bonds is 8. The van der Waals surface area contributed by atoms with Gasteiger partial charge >= 0.3 is 0 Å². The number of hydrogen-bond donors (Lipinski definition) is 1. The van der Waals surface area contributed by atoms with E-state index in [0.29, 0.717) is 17.5 Å². The number of aromatic nitrogens is 2. The van der Waals surface area contributed by atoms with Crippen LogP contribution in [0.4, 0.5) is 0 Å². The minimum absolute atomic E-state index is 0.154. The first-order valence-electron chi connectivity index (χ1n) is 10.1. The van der Waals surface area contributed by atoms with Crippen LogP contribution in [0, 0.1) is 13.8 Å². The van der Waals surface area contributed by atoms with Gasteiger partial charge in [0.2, 0.25) is 21.7 Å². The van der Waals surface area contributed by atoms with Crippen molar-refractivity contribution in [2.45, 2.75) is 25.2 Å². The maximum Gasteiger partial charge on any atom is 0.240 e. The lowest BCUT2D eigenvalue weighted by atomic mass is 10.2. The van der Waals surface area contributed by atoms with E-state index in [4.69, 9.17) is 9.26 Å². The van der Waals surface area contributed by atoms with Crippen molar-refractivity contribution in [1.82, 2.24) is 14.9 Å². The molecule has 0 aliphatic rings. The highest BCUT2D eigenvalue weighted by Crippen LogP contribution is 2.25. The van der Waals surface area contributed by atoms with Crippen molar-refractivity contribution in [2.75, 3.05) is 6.54 Å². The Hall–Kier alpha value is -3.49. The molecule has 0 spiro atoms. The molecule has 0 atom stereocenters. The highest BCUT2D eigenvalue weighted by Gasteiger charge is 2.14. The third-order valence-electron chi connectivity index (χ3n) is 4.80. The molecule has 0 saturated heterocycles. The van der Waals surface area contributed by atoms with Crippen molar-refractivity contribution in [3.63, 3.8) is 0 Å². The molecule has 0 aliphatic carbocycles. The van der Waals surface area contributed by atoms with Crippen molar-refractivity contribution >= 4 is 10.0 Å². The van der Waals surface area contributed by atoms with Crippen LogP contribution >= 0.6 is 0 Å². The maximum absolute atomic E-state index is 12.4. The van der Waals surface area contributed by atoms with Gasteiger partial charge in [-0.15, -0.1) is 0 Å². The van der Waals surface area contributed by atoms with Crippen LogP contribution in [-0.2, 0) is 16.4 Å². The van der Waals surface area contributed by atoms with Crippen LogP contribution in [0.1, 0.15) is 17.0 Å². The Labute approximate surface area is 187 Å². The van der Waals surface area contributed by atoms with Gasteiger partial charge in [0.05, 0.1) is 4.90 Å². The summed E-state index contributed by atoms with van der Waals surface area (Å²) < 4.78 is 38.3. The minimum atomic E-state index is -3.58. The van der Waals surface area contributed by atoms with Crippen molar-refractivity contribution in [3.05, 3.63) is 89.8 Å². The average molecular weight is 450 g/mol. The lowest BCUT2D eigenvalue weighted by Crippen LogP contribution is -2.26. The number of nitrogens with one attached hydrogen (secondary N) is 1. The topological polar surface area (TPSA) is 94.3 Å². The molecule has 164 valence electrons. The van der Waals surface area contributed by atoms with Crippen molar-refractivity contribution in [1.29, 1.82) is 0 Å². The van der Waals surface area contributed by atoms with E-state index in [1.165, 1.54) is 5.56 Å². The SMILES string of the molecule is Cc1ccc(Oc2ccc(-c3noc(CCNS(=O)(=O)c4ccc(C)cc4)n3)cc2)cc1. The smallest absolute Gasteiger partial charge is 0.240 e. The standard InChI is InChI=1S/C24H23N3O4S/c1-17-3-9-20(10-4-17)30-21-11-7-19(8-12-21)24-26-23(31-27-24)15-16-25-32(28,29)22-13-5-18(2)6-14-22/h3-14,25H,15-16H2,1-2H3. The molecule has 0 radical (unpaired) electrons. The molecule has 8 heteroatoms. The Kier molecular flexibility index (Phi) is 6.34. The van der Waals surface area contributed by atoms with Gasteiger partial charge in [0, 0.05) is 18.5 Å². The monoisotopic (exact) mass is 449 g/mol. The van der Waals surface area contributed by atoms with Crippen molar-refractivity contribution in [2.24, 2.45) is 0 Å². The molecule has 7 nitrogen and oxygen atoms in total. The fourth-order valence-corrected chi connectivity index (χ4v) is 4.01. The molecular weight excluding hydrogens is 426 g/mol. The van der Waals surface area contributed by atoms with Gasteiger partial charge in [-0.2, -0.15) is 4.98 Å². The Morgan fingerprint density at radius 3 is 2.03 bits per heavy atom. The molecule has 4 aromatic rings. The molecule has 32 heavy (non-hydrogen) atoms. The summed E-state index contributed by atoms with van der Waals surface area (Å²) in [6.07, 6.45) is 0.284. The largest absolute Gasteiger partial charge is 0.457 e. The van der Waals surface area contributed by atoms with Crippen molar-refractivity contribution < 1.29 is 17.7 Å². The number of benzene rings is 3. The van der Waals surface area contributed by atoms with E-state index >= 15 is 0 Å². The van der Waals surface area contributed by atoms with E-state index in [2.05, 4.69) is 14.9 Å². The molecule has 0 saturated carbocycles. The number of ether oxygens (including phenoxy) is 1. The predicted octanol–water partition coefficient (Wildman–Crippen LogP) is 4.67. The summed E-state index contributed by atoms with van der Waals surface area (Å²) in [5.41, 5.74) is 2.94. The zero-order valence-electron chi connectivity index (χ0n) is 17.8. The second-order valence-electron chi connectivity index (χ2n) is 7.41. The van der Waals surface area contributed by atoms with E-state index in [9.17, 15) is 8.42 Å². The third-order valence-corrected chi connectivity index (χ3v) is 6.28. The molecular formula is C24H23N3O4S. The average Bonchev–Trinajstić information content (AvgIpc) is 3.25. The van der Waals surface area contributed by atoms with E-state index in [-0.39, 0.29) is 17.9 Å². The van der Waals surface area contributed by atoms with Crippen LogP contribution in [0.25, 0.3) is 11.4 Å². The quantitative estimate of drug-likeness (QED) is 0.420. The Morgan fingerprint density at radius 2 is 1.41 bits per heavy atom. The lowest BCUT2D eigenvalue weighted by molar-refractivity contribution is 0.379. The zero-order valence-corrected chi connectivity index (χ0v) is 18.6. The zero-order chi connectivity index (χ0) is 22.6. The molecule has 4 rings (SSSR count). The second kappa shape index (κ2) is 9.33. The lowest BCUT2D eigenvalue weighted by Gasteiger charge is -2.06. The van der Waals surface area contributed by atoms with Gasteiger partial charge in [0.15, 0.2) is 0 Å². The van der Waals surface area contributed by atoms with Crippen LogP contribution in [0.5, 0.6) is 11.5 Å². The number of aryl methyl sites for hydroxylation is 2. The summed E-state index contributed by atoms with van der Waals surface area (Å²) in [6.45, 7) is 4.08. The van der Waals surface area contributed by atoms with Crippen LogP contribution in [0.2, 0.25) is 0 Å². The summed E-state index contributed by atoms with van der Waals surface area (Å²) >= 11 is 0. The fraction of sp³-hybridized carbons (Fsp3) is 0.167. The summed E-state index contributed by atoms with van der Waals surface area (Å²) in [4.78, 5) is 4.58. The summed E-state index contributed by atoms with van der Waals surface area (Å²) in [7, 11) is -3.58. The molecule has 1 aromatic heterocycles. The first-order chi connectivity index (χ1) is 15.4. The molecule has 0 bridgehead atoms. The van der Waals surface area contributed by atoms with Gasteiger partial charge in [0.1, 0.15) is 11.5 Å². The molecule has 0 amide bonds. The third kappa shape index (κ3) is 5.40. The minimum Gasteiger partial charge on any atom is -0.457 e. The summed E-state index contributed by atoms with van der Waals surface area (Å²) in [5, 5.41) is 3.99. The predicted molar refractivity (Wildman–Crippen MR) is 121 cm³/mol. The molecule has 0 fully saturated rings. The van der Waals surface area contributed by atoms with E-state index < -0.39 is 10.0 Å². The molecule has 1 N–H and O–H groups in total. The summed E-state index contributed by atoms with van der Waals surface area (Å²) in [6, 6.07) is 21.9. The maximum atomic E-state index is 12.4. The Morgan fingerprint density at radius 1 is 0.844 bits per heavy atom. The second-order valence-corrected chi connectivity index (χ2v) is 9.18. The van der Waals surface area contributed by atoms with Crippen LogP contribution in [0.3, 0.4) is 0 Å². The molecule has 3 aromatic carbocycles. The number of sulfonamides is 1. The Balaban J connectivity index is 1.34. The molecule has 1 heterocycles. The van der Waals surface area contributed by atoms with E-state index in [1.54, 1.807) is 24.3 Å². The van der Waals surface area contributed by atoms with Crippen LogP contribution in [-0.4, -0.2) is 25.1 Å². The number of hydrogen-bond acceptors (Lipinski definition) is 6. The van der Waals surface area contributed by atoms with Crippen LogP contribution in [0.15, 0.2) is 82.2 Å². The van der Waals surface area contributed by atoms with Gasteiger partial charge in [0.25, 0.3) is 0 Å². The summed E-state index contributed by atoms with van der Waals surface area (Å²) in [5.74, 6) is 2.25. The Bertz CT molecular complexity index is 1280. The van der Waals surface area contributed by atoms with E-state index in [1.807, 2.05) is 62.4 Å². The van der Waals surface area contributed by atoms with E-state index in [0.717, 1.165) is 16.9 Å². The van der Waals surface area contributed by atoms with Gasteiger partial charge < -0.3 is 9.26 Å². The first-order valence-corrected chi connectivity index (χ1v) is 11.6. The normalized spacial score (nSPS) is 11.4. The fourth-order valence-electron chi connectivity index (χ4n) is 2.98. The van der Waals surface area contributed by atoms with Crippen LogP contribution < -0.4 is 9.46 Å². The number of nitrogens with zero attached hydrogens (tertiary/aromatic N) is 2. The molecule has 0 aliphatic heterocycles. The van der Waals surface area contributed by atoms with Gasteiger partial charge in [-0.25, -0.2) is 13.1 Å². The van der Waals surface area contributed by atoms with Gasteiger partial charge in [-0.05, 0) is 62.4 Å². The highest BCUT2D eigenvalue weighted by molar-refractivity contribution is 7.89. The first kappa shape index (κ1) is 21.7. The highest BCUT2D eigenvalue weighted by atomic mass is 32.2.